The second kappa shape index (κ2) is 10.2. The smallest absolute Gasteiger partial charge is 0.254 e. The van der Waals surface area contributed by atoms with Gasteiger partial charge < -0.3 is 19.8 Å². The largest absolute Gasteiger partial charge is 0.387 e. The molecule has 2 aromatic rings. The average molecular weight is 518 g/mol. The zero-order valence-electron chi connectivity index (χ0n) is 22.8. The Morgan fingerprint density at radius 1 is 1.03 bits per heavy atom. The Morgan fingerprint density at radius 3 is 2.42 bits per heavy atom. The average Bonchev–Trinajstić information content (AvgIpc) is 3.51. The minimum atomic E-state index is -1.08. The number of rotatable bonds is 6. The number of benzene rings is 2. The van der Waals surface area contributed by atoms with E-state index in [-0.39, 0.29) is 30.2 Å². The fraction of sp³-hybridized carbons (Fsp3) is 0.516. The van der Waals surface area contributed by atoms with Crippen molar-refractivity contribution in [2.24, 2.45) is 11.3 Å². The topological polar surface area (TPSA) is 81.2 Å². The third kappa shape index (κ3) is 4.62. The lowest BCUT2D eigenvalue weighted by Gasteiger charge is -2.53. The first kappa shape index (κ1) is 26.4. The van der Waals surface area contributed by atoms with Crippen molar-refractivity contribution in [1.29, 1.82) is 0 Å². The van der Waals surface area contributed by atoms with E-state index in [0.29, 0.717) is 43.6 Å². The van der Waals surface area contributed by atoms with Gasteiger partial charge in [-0.25, -0.2) is 0 Å². The summed E-state index contributed by atoms with van der Waals surface area (Å²) in [6.07, 6.45) is 4.86. The molecule has 0 radical (unpaired) electrons. The number of carbonyl (C=O) groups excluding carboxylic acids is 3. The highest BCUT2D eigenvalue weighted by Gasteiger charge is 2.57. The van der Waals surface area contributed by atoms with Crippen molar-refractivity contribution < 1.29 is 19.5 Å². The summed E-state index contributed by atoms with van der Waals surface area (Å²) in [4.78, 5) is 44.9. The van der Waals surface area contributed by atoms with Gasteiger partial charge in [0.05, 0.1) is 12.1 Å². The number of carbonyl (C=O) groups is 3. The standard InChI is InChI=1S/C31H39N3O4/c1-22(18-23-10-5-4-6-11-23)27(35)33-17-16-31(38,30(20-33)14-7-8-15-30)21-34-19-26-24(28(36)32(2)3)12-9-13-25(26)29(34)37/h4-6,9-13,22,38H,7-8,14-21H2,1-3H3/t22?,31-/m1/s1. The van der Waals surface area contributed by atoms with Crippen LogP contribution < -0.4 is 0 Å². The van der Waals surface area contributed by atoms with Gasteiger partial charge in [0.15, 0.2) is 0 Å². The Hall–Kier alpha value is -3.19. The Balaban J connectivity index is 1.33. The number of aliphatic hydroxyl groups is 1. The normalized spacial score (nSPS) is 23.0. The van der Waals surface area contributed by atoms with Crippen molar-refractivity contribution in [3.8, 4) is 0 Å². The summed E-state index contributed by atoms with van der Waals surface area (Å²) in [5.41, 5.74) is 1.47. The second-order valence-electron chi connectivity index (χ2n) is 11.8. The molecule has 7 nitrogen and oxygen atoms in total. The molecule has 2 heterocycles. The molecule has 5 rings (SSSR count). The molecule has 2 aliphatic heterocycles. The van der Waals surface area contributed by atoms with E-state index < -0.39 is 11.0 Å². The molecule has 2 atom stereocenters. The van der Waals surface area contributed by atoms with Crippen molar-refractivity contribution in [3.63, 3.8) is 0 Å². The lowest BCUT2D eigenvalue weighted by Crippen LogP contribution is -2.64. The first-order chi connectivity index (χ1) is 18.1. The van der Waals surface area contributed by atoms with Gasteiger partial charge in [-0.05, 0) is 48.9 Å². The van der Waals surface area contributed by atoms with Crippen LogP contribution in [0.4, 0.5) is 0 Å². The maximum Gasteiger partial charge on any atom is 0.254 e. The van der Waals surface area contributed by atoms with Crippen molar-refractivity contribution in [2.75, 3.05) is 33.7 Å². The van der Waals surface area contributed by atoms with Crippen LogP contribution in [0.25, 0.3) is 0 Å². The van der Waals surface area contributed by atoms with Crippen molar-refractivity contribution in [3.05, 3.63) is 70.8 Å². The van der Waals surface area contributed by atoms with Gasteiger partial charge in [-0.3, -0.25) is 14.4 Å². The number of amides is 3. The summed E-state index contributed by atoms with van der Waals surface area (Å²) in [7, 11) is 3.41. The van der Waals surface area contributed by atoms with Crippen LogP contribution >= 0.6 is 0 Å². The number of piperidine rings is 1. The molecular formula is C31H39N3O4. The van der Waals surface area contributed by atoms with Gasteiger partial charge in [0.2, 0.25) is 5.91 Å². The number of nitrogens with zero attached hydrogens (tertiary/aromatic N) is 3. The lowest BCUT2D eigenvalue weighted by atomic mass is 9.65. The van der Waals surface area contributed by atoms with Crippen LogP contribution in [0.2, 0.25) is 0 Å². The van der Waals surface area contributed by atoms with Gasteiger partial charge in [0.1, 0.15) is 0 Å². The molecule has 1 spiro atoms. The molecule has 1 saturated heterocycles. The maximum absolute atomic E-state index is 13.5. The predicted molar refractivity (Wildman–Crippen MR) is 146 cm³/mol. The summed E-state index contributed by atoms with van der Waals surface area (Å²) < 4.78 is 0. The maximum atomic E-state index is 13.5. The van der Waals surface area contributed by atoms with E-state index in [1.54, 1.807) is 37.2 Å². The summed E-state index contributed by atoms with van der Waals surface area (Å²) in [6, 6.07) is 15.4. The predicted octanol–water partition coefficient (Wildman–Crippen LogP) is 3.75. The van der Waals surface area contributed by atoms with Gasteiger partial charge in [-0.2, -0.15) is 0 Å². The van der Waals surface area contributed by atoms with E-state index in [1.165, 1.54) is 4.90 Å². The molecule has 2 fully saturated rings. The Labute approximate surface area is 225 Å². The van der Waals surface area contributed by atoms with Crippen LogP contribution in [0, 0.1) is 11.3 Å². The molecule has 1 N–H and O–H groups in total. The van der Waals surface area contributed by atoms with Gasteiger partial charge in [-0.1, -0.05) is 56.2 Å². The molecule has 38 heavy (non-hydrogen) atoms. The van der Waals surface area contributed by atoms with E-state index in [1.807, 2.05) is 30.0 Å². The Kier molecular flexibility index (Phi) is 7.07. The second-order valence-corrected chi connectivity index (χ2v) is 11.8. The molecule has 0 bridgehead atoms. The van der Waals surface area contributed by atoms with Crippen molar-refractivity contribution in [2.45, 2.75) is 57.6 Å². The summed E-state index contributed by atoms with van der Waals surface area (Å²) >= 11 is 0. The zero-order valence-corrected chi connectivity index (χ0v) is 22.8. The number of hydrogen-bond donors (Lipinski definition) is 1. The van der Waals surface area contributed by atoms with E-state index in [9.17, 15) is 19.5 Å². The highest BCUT2D eigenvalue weighted by atomic mass is 16.3. The van der Waals surface area contributed by atoms with Crippen molar-refractivity contribution in [1.82, 2.24) is 14.7 Å². The zero-order chi connectivity index (χ0) is 27.1. The van der Waals surface area contributed by atoms with E-state index >= 15 is 0 Å². The summed E-state index contributed by atoms with van der Waals surface area (Å²) in [5.74, 6) is -0.257. The van der Waals surface area contributed by atoms with Crippen molar-refractivity contribution >= 4 is 17.7 Å². The molecule has 3 amide bonds. The summed E-state index contributed by atoms with van der Waals surface area (Å²) in [6.45, 7) is 3.54. The number of fused-ring (bicyclic) bond motifs is 1. The van der Waals surface area contributed by atoms with Crippen LogP contribution in [-0.4, -0.2) is 76.9 Å². The van der Waals surface area contributed by atoms with Gasteiger partial charge in [-0.15, -0.1) is 0 Å². The van der Waals surface area contributed by atoms with Crippen LogP contribution in [-0.2, 0) is 17.8 Å². The highest BCUT2D eigenvalue weighted by molar-refractivity contribution is 6.04. The lowest BCUT2D eigenvalue weighted by molar-refractivity contribution is -0.162. The van der Waals surface area contributed by atoms with E-state index in [2.05, 4.69) is 12.1 Å². The highest BCUT2D eigenvalue weighted by Crippen LogP contribution is 2.52. The van der Waals surface area contributed by atoms with Crippen LogP contribution in [0.15, 0.2) is 48.5 Å². The minimum absolute atomic E-state index is 0.126. The Morgan fingerprint density at radius 2 is 1.74 bits per heavy atom. The molecule has 3 aliphatic rings. The number of likely N-dealkylation sites (tertiary alicyclic amines) is 1. The molecule has 1 unspecified atom stereocenters. The van der Waals surface area contributed by atoms with Crippen LogP contribution in [0.1, 0.15) is 70.9 Å². The number of hydrogen-bond acceptors (Lipinski definition) is 4. The molecule has 7 heteroatoms. The number of β-amino-alcohol motifs (C(OH)–C–C–N with tert-alkyl or cyclic N) is 1. The quantitative estimate of drug-likeness (QED) is 0.633. The molecule has 1 saturated carbocycles. The van der Waals surface area contributed by atoms with E-state index in [4.69, 9.17) is 0 Å². The molecule has 1 aliphatic carbocycles. The molecule has 202 valence electrons. The monoisotopic (exact) mass is 517 g/mol. The first-order valence-corrected chi connectivity index (χ1v) is 13.8. The molecular weight excluding hydrogens is 478 g/mol. The SMILES string of the molecule is CC(Cc1ccccc1)C(=O)N1CC[C@@](O)(CN2Cc3c(C(=O)N(C)C)cccc3C2=O)C2(CCCC2)C1. The summed E-state index contributed by atoms with van der Waals surface area (Å²) in [5, 5.41) is 12.2. The van der Waals surface area contributed by atoms with E-state index in [0.717, 1.165) is 36.8 Å². The first-order valence-electron chi connectivity index (χ1n) is 13.8. The fourth-order valence-corrected chi connectivity index (χ4v) is 6.93. The van der Waals surface area contributed by atoms with Crippen LogP contribution in [0.5, 0.6) is 0 Å². The Bertz CT molecular complexity index is 1220. The fourth-order valence-electron chi connectivity index (χ4n) is 6.93. The van der Waals surface area contributed by atoms with Gasteiger partial charge >= 0.3 is 0 Å². The third-order valence-corrected chi connectivity index (χ3v) is 9.09. The van der Waals surface area contributed by atoms with Gasteiger partial charge in [0.25, 0.3) is 11.8 Å². The molecule has 2 aromatic carbocycles. The minimum Gasteiger partial charge on any atom is -0.387 e. The van der Waals surface area contributed by atoms with Gasteiger partial charge in [0, 0.05) is 56.2 Å². The third-order valence-electron chi connectivity index (χ3n) is 9.09. The molecule has 0 aromatic heterocycles. The van der Waals surface area contributed by atoms with Crippen LogP contribution in [0.3, 0.4) is 0 Å².